The quantitative estimate of drug-likeness (QED) is 0.336. The van der Waals surface area contributed by atoms with Gasteiger partial charge in [-0.05, 0) is 88.0 Å². The van der Waals surface area contributed by atoms with E-state index in [4.69, 9.17) is 9.47 Å². The smallest absolute Gasteiger partial charge is 0.407 e. The molecular weight excluding hydrogens is 729 g/mol. The number of hydrogen-bond acceptors (Lipinski definition) is 10. The molecule has 2 aliphatic carbocycles. The van der Waals surface area contributed by atoms with Gasteiger partial charge in [-0.3, -0.25) is 28.9 Å². The van der Waals surface area contributed by atoms with Crippen molar-refractivity contribution in [1.29, 1.82) is 0 Å². The highest BCUT2D eigenvalue weighted by Gasteiger charge is 2.62. The highest BCUT2D eigenvalue weighted by Crippen LogP contribution is 2.46. The maximum atomic E-state index is 14.4. The fourth-order valence-corrected chi connectivity index (χ4v) is 8.94. The van der Waals surface area contributed by atoms with Crippen molar-refractivity contribution in [2.45, 2.75) is 106 Å². The Labute approximate surface area is 320 Å². The van der Waals surface area contributed by atoms with Gasteiger partial charge in [0.2, 0.25) is 21.8 Å². The molecule has 4 N–H and O–H groups in total. The number of sulfonamides is 1. The van der Waals surface area contributed by atoms with Crippen molar-refractivity contribution in [3.63, 3.8) is 0 Å². The number of rotatable bonds is 3. The zero-order valence-corrected chi connectivity index (χ0v) is 31.5. The Morgan fingerprint density at radius 2 is 1.67 bits per heavy atom. The summed E-state index contributed by atoms with van der Waals surface area (Å²) >= 11 is 0. The summed E-state index contributed by atoms with van der Waals surface area (Å²) in [5.41, 5.74) is 0.249. The van der Waals surface area contributed by atoms with Crippen LogP contribution in [0.4, 0.5) is 4.79 Å². The summed E-state index contributed by atoms with van der Waals surface area (Å²) < 4.78 is 39.2. The fraction of sp³-hybridized carbons (Fsp3) is 0.538. The van der Waals surface area contributed by atoms with Crippen LogP contribution >= 0.6 is 0 Å². The summed E-state index contributed by atoms with van der Waals surface area (Å²) in [5.74, 6) is -2.23. The Morgan fingerprint density at radius 1 is 0.891 bits per heavy atom. The van der Waals surface area contributed by atoms with E-state index in [1.54, 1.807) is 12.3 Å². The molecule has 1 saturated heterocycles. The van der Waals surface area contributed by atoms with Crippen LogP contribution in [0, 0.1) is 5.92 Å². The van der Waals surface area contributed by atoms with Gasteiger partial charge in [0.15, 0.2) is 0 Å². The number of amides is 5. The van der Waals surface area contributed by atoms with E-state index in [2.05, 4.69) is 25.7 Å². The van der Waals surface area contributed by atoms with E-state index in [0.717, 1.165) is 31.2 Å². The highest BCUT2D eigenvalue weighted by molar-refractivity contribution is 7.91. The Balaban J connectivity index is 1.18. The Hall–Kier alpha value is -4.99. The van der Waals surface area contributed by atoms with Gasteiger partial charge in [-0.15, -0.1) is 0 Å². The number of aromatic nitrogens is 1. The van der Waals surface area contributed by atoms with Gasteiger partial charge in [0.05, 0.1) is 24.0 Å². The van der Waals surface area contributed by atoms with Crippen LogP contribution < -0.4 is 25.4 Å². The molecule has 7 bridgehead atoms. The molecule has 15 nitrogen and oxygen atoms in total. The molecule has 1 aromatic carbocycles. The molecule has 7 rings (SSSR count). The number of hydrogen-bond donors (Lipinski definition) is 4. The molecule has 2 aromatic rings. The van der Waals surface area contributed by atoms with Crippen molar-refractivity contribution in [2.24, 2.45) is 5.92 Å². The van der Waals surface area contributed by atoms with Crippen molar-refractivity contribution < 1.29 is 41.9 Å². The monoisotopic (exact) mass is 776 g/mol. The summed E-state index contributed by atoms with van der Waals surface area (Å²) in [6.45, 7) is 0.546. The predicted molar refractivity (Wildman–Crippen MR) is 200 cm³/mol. The van der Waals surface area contributed by atoms with Gasteiger partial charge in [-0.25, -0.2) is 13.2 Å². The molecule has 4 heterocycles. The lowest BCUT2D eigenvalue weighted by molar-refractivity contribution is -0.141. The molecule has 5 aliphatic rings. The standard InChI is InChI=1S/C39H48N6O9S/c46-34-27-18-26(22-40-23-27)25-10-9-12-30(19-25)53-16-7-4-8-17-54-38(50)42-32-13-6-3-1-2-5-11-28-21-39(28,37(49)44-55(51,52)31-14-15-31)43-35(47)33-20-29(41-34)24-45(33)36(32)48/h5,9-12,18-19,22-23,28-29,31-33H,1-4,6-8,13-17,20-21,24H2,(H,41,46)(H,42,50)(H,43,47)(H,44,49)/b11-5-/t28-,29-,32+,33+,39?/m1/s1. The van der Waals surface area contributed by atoms with E-state index in [9.17, 15) is 32.4 Å². The number of nitrogens with one attached hydrogen (secondary N) is 4. The number of cyclic esters (lactones) is 1. The number of benzene rings is 1. The van der Waals surface area contributed by atoms with E-state index in [1.807, 2.05) is 36.4 Å². The molecule has 5 amide bonds. The molecule has 2 saturated carbocycles. The third-order valence-electron chi connectivity index (χ3n) is 11.0. The summed E-state index contributed by atoms with van der Waals surface area (Å²) in [5, 5.41) is 7.90. The van der Waals surface area contributed by atoms with Gasteiger partial charge in [0.1, 0.15) is 23.4 Å². The van der Waals surface area contributed by atoms with Crippen LogP contribution in [0.5, 0.6) is 5.75 Å². The van der Waals surface area contributed by atoms with Gasteiger partial charge in [-0.2, -0.15) is 0 Å². The van der Waals surface area contributed by atoms with Crippen molar-refractivity contribution in [1.82, 2.24) is 30.6 Å². The van der Waals surface area contributed by atoms with Crippen LogP contribution in [0.1, 0.15) is 87.4 Å². The largest absolute Gasteiger partial charge is 0.494 e. The maximum Gasteiger partial charge on any atom is 0.407 e. The molecule has 5 atom stereocenters. The van der Waals surface area contributed by atoms with E-state index in [-0.39, 0.29) is 31.6 Å². The van der Waals surface area contributed by atoms with Crippen molar-refractivity contribution in [3.8, 4) is 16.9 Å². The Kier molecular flexibility index (Phi) is 11.4. The molecule has 16 heteroatoms. The average Bonchev–Trinajstić information content (AvgIpc) is 4.10. The first-order valence-corrected chi connectivity index (χ1v) is 20.8. The topological polar surface area (TPSA) is 202 Å². The van der Waals surface area contributed by atoms with Crippen LogP contribution in [0.25, 0.3) is 11.1 Å². The number of fused-ring (bicyclic) bond motifs is 8. The first kappa shape index (κ1) is 38.3. The third kappa shape index (κ3) is 9.11. The molecule has 3 fully saturated rings. The van der Waals surface area contributed by atoms with Crippen LogP contribution in [0.2, 0.25) is 0 Å². The van der Waals surface area contributed by atoms with Gasteiger partial charge in [0, 0.05) is 36.5 Å². The molecule has 55 heavy (non-hydrogen) atoms. The summed E-state index contributed by atoms with van der Waals surface area (Å²) in [6.07, 6.45) is 12.4. The number of allylic oxidation sites excluding steroid dienone is 1. The van der Waals surface area contributed by atoms with Crippen LogP contribution in [0.3, 0.4) is 0 Å². The van der Waals surface area contributed by atoms with E-state index in [1.165, 1.54) is 11.1 Å². The van der Waals surface area contributed by atoms with Crippen LogP contribution in [0.15, 0.2) is 54.9 Å². The second-order valence-corrected chi connectivity index (χ2v) is 17.1. The number of carbonyl (C=O) groups is 5. The molecule has 1 aromatic heterocycles. The number of ether oxygens (including phenoxy) is 2. The van der Waals surface area contributed by atoms with Gasteiger partial charge in [-0.1, -0.05) is 37.1 Å². The van der Waals surface area contributed by atoms with Crippen molar-refractivity contribution in [2.75, 3.05) is 19.8 Å². The number of alkyl carbamates (subject to hydrolysis) is 1. The molecule has 3 aliphatic heterocycles. The minimum Gasteiger partial charge on any atom is -0.494 e. The molecule has 1 unspecified atom stereocenters. The van der Waals surface area contributed by atoms with E-state index >= 15 is 0 Å². The second-order valence-electron chi connectivity index (χ2n) is 15.2. The summed E-state index contributed by atoms with van der Waals surface area (Å²) in [4.78, 5) is 74.8. The average molecular weight is 777 g/mol. The zero-order valence-electron chi connectivity index (χ0n) is 30.7. The number of nitrogens with zero attached hydrogens (tertiary/aromatic N) is 2. The van der Waals surface area contributed by atoms with Gasteiger partial charge < -0.3 is 30.3 Å². The van der Waals surface area contributed by atoms with Gasteiger partial charge in [0.25, 0.3) is 11.8 Å². The Morgan fingerprint density at radius 3 is 2.49 bits per heavy atom. The minimum absolute atomic E-state index is 0.00552. The second kappa shape index (κ2) is 16.4. The predicted octanol–water partition coefficient (Wildman–Crippen LogP) is 3.11. The summed E-state index contributed by atoms with van der Waals surface area (Å²) in [6, 6.07) is 6.33. The highest BCUT2D eigenvalue weighted by atomic mass is 32.2. The molecule has 0 radical (unpaired) electrons. The van der Waals surface area contributed by atoms with Crippen LogP contribution in [-0.4, -0.2) is 96.7 Å². The van der Waals surface area contributed by atoms with E-state index < -0.39 is 74.6 Å². The van der Waals surface area contributed by atoms with Crippen molar-refractivity contribution >= 4 is 39.7 Å². The van der Waals surface area contributed by atoms with Gasteiger partial charge >= 0.3 is 6.09 Å². The Bertz CT molecular complexity index is 1950. The van der Waals surface area contributed by atoms with Crippen LogP contribution in [-0.2, 0) is 29.1 Å². The number of carbonyl (C=O) groups excluding carboxylic acids is 5. The van der Waals surface area contributed by atoms with Crippen molar-refractivity contribution in [3.05, 3.63) is 60.4 Å². The maximum absolute atomic E-state index is 14.4. The summed E-state index contributed by atoms with van der Waals surface area (Å²) in [7, 11) is -3.90. The first-order valence-electron chi connectivity index (χ1n) is 19.3. The fourth-order valence-electron chi connectivity index (χ4n) is 7.58. The third-order valence-corrected chi connectivity index (χ3v) is 12.8. The molecule has 294 valence electrons. The number of pyridine rings is 1. The lowest BCUT2D eigenvalue weighted by Crippen LogP contribution is -2.58. The molecule has 0 spiro atoms. The lowest BCUT2D eigenvalue weighted by atomic mass is 10.0. The zero-order chi connectivity index (χ0) is 38.6. The normalized spacial score (nSPS) is 28.8. The molecular formula is C39H48N6O9S. The van der Waals surface area contributed by atoms with E-state index in [0.29, 0.717) is 56.4 Å². The minimum atomic E-state index is -3.90. The SMILES string of the molecule is O=C1N[C@H]2CCCCC/C=C\[C@@H]3CC3(C(=O)NS(=O)(=O)C3CC3)NC(=O)[C@@H]3C[C@H](CN3C2=O)NC(=O)c2cncc(c2)-c2cccc(c2)OCCCCCO1. The lowest BCUT2D eigenvalue weighted by Gasteiger charge is -2.30. The first-order chi connectivity index (χ1) is 26.5.